The number of likely N-dealkylation sites (tertiary alicyclic amines) is 1. The molecule has 2 heterocycles. The highest BCUT2D eigenvalue weighted by molar-refractivity contribution is 5.75. The number of hydrogen-bond acceptors (Lipinski definition) is 5. The Balaban J connectivity index is 1.73. The second-order valence-electron chi connectivity index (χ2n) is 5.80. The molecule has 7 heteroatoms. The van der Waals surface area contributed by atoms with Crippen molar-refractivity contribution in [2.75, 3.05) is 19.6 Å². The van der Waals surface area contributed by atoms with Crippen LogP contribution in [-0.4, -0.2) is 40.4 Å². The monoisotopic (exact) mass is 330 g/mol. The third kappa shape index (κ3) is 3.86. The van der Waals surface area contributed by atoms with Crippen LogP contribution in [0.1, 0.15) is 24.5 Å². The number of benzene rings is 1. The predicted molar refractivity (Wildman–Crippen MR) is 86.1 cm³/mol. The lowest BCUT2D eigenvalue weighted by atomic mass is 9.93. The van der Waals surface area contributed by atoms with Crippen molar-refractivity contribution in [2.24, 2.45) is 5.73 Å². The molecule has 24 heavy (non-hydrogen) atoms. The average Bonchev–Trinajstić information content (AvgIpc) is 2.58. The molecular formula is C17H19FN4O2. The van der Waals surface area contributed by atoms with Gasteiger partial charge in [-0.15, -0.1) is 0 Å². The first-order chi connectivity index (χ1) is 11.6. The van der Waals surface area contributed by atoms with Gasteiger partial charge in [-0.3, -0.25) is 14.7 Å². The number of para-hydroxylation sites is 1. The molecule has 0 saturated carbocycles. The highest BCUT2D eigenvalue weighted by Crippen LogP contribution is 2.33. The topological polar surface area (TPSA) is 81.3 Å². The van der Waals surface area contributed by atoms with Crippen LogP contribution in [0.15, 0.2) is 36.7 Å². The summed E-state index contributed by atoms with van der Waals surface area (Å²) in [6, 6.07) is 6.21. The summed E-state index contributed by atoms with van der Waals surface area (Å²) in [6.45, 7) is 1.78. The van der Waals surface area contributed by atoms with Crippen LogP contribution in [0.25, 0.3) is 0 Å². The Bertz CT molecular complexity index is 717. The van der Waals surface area contributed by atoms with Crippen LogP contribution in [0.2, 0.25) is 0 Å². The molecule has 1 aromatic carbocycles. The molecule has 0 bridgehead atoms. The van der Waals surface area contributed by atoms with Gasteiger partial charge in [0.05, 0.1) is 6.54 Å². The van der Waals surface area contributed by atoms with Crippen LogP contribution in [-0.2, 0) is 4.79 Å². The molecule has 3 rings (SSSR count). The molecule has 1 saturated heterocycles. The smallest absolute Gasteiger partial charge is 0.241 e. The maximum absolute atomic E-state index is 13.8. The molecule has 0 radical (unpaired) electrons. The van der Waals surface area contributed by atoms with Crippen LogP contribution < -0.4 is 10.5 Å². The molecule has 1 aromatic heterocycles. The number of ether oxygens (including phenoxy) is 1. The van der Waals surface area contributed by atoms with Crippen molar-refractivity contribution in [3.63, 3.8) is 0 Å². The fraction of sp³-hybridized carbons (Fsp3) is 0.353. The van der Waals surface area contributed by atoms with E-state index in [1.807, 2.05) is 4.90 Å². The maximum atomic E-state index is 13.8. The molecule has 6 nitrogen and oxygen atoms in total. The molecule has 1 aliphatic heterocycles. The molecule has 1 fully saturated rings. The molecular weight excluding hydrogens is 311 g/mol. The fourth-order valence-electron chi connectivity index (χ4n) is 2.91. The summed E-state index contributed by atoms with van der Waals surface area (Å²) in [5, 5.41) is 0. The number of halogens is 1. The Morgan fingerprint density at radius 3 is 2.67 bits per heavy atom. The number of carbonyl (C=O) groups excluding carboxylic acids is 1. The molecule has 0 spiro atoms. The molecule has 2 N–H and O–H groups in total. The van der Waals surface area contributed by atoms with Gasteiger partial charge in [-0.25, -0.2) is 9.37 Å². The van der Waals surface area contributed by atoms with Crippen molar-refractivity contribution in [3.05, 3.63) is 48.2 Å². The number of piperidine rings is 1. The number of rotatable bonds is 5. The van der Waals surface area contributed by atoms with Gasteiger partial charge < -0.3 is 10.5 Å². The summed E-state index contributed by atoms with van der Waals surface area (Å²) >= 11 is 0. The molecule has 2 aromatic rings. The van der Waals surface area contributed by atoms with E-state index in [-0.39, 0.29) is 24.1 Å². The van der Waals surface area contributed by atoms with E-state index < -0.39 is 5.82 Å². The zero-order valence-corrected chi connectivity index (χ0v) is 13.2. The van der Waals surface area contributed by atoms with Crippen LogP contribution in [0.4, 0.5) is 4.39 Å². The molecule has 126 valence electrons. The third-order valence-corrected chi connectivity index (χ3v) is 4.09. The lowest BCUT2D eigenvalue weighted by molar-refractivity contribution is -0.119. The largest absolute Gasteiger partial charge is 0.434 e. The lowest BCUT2D eigenvalue weighted by Gasteiger charge is -2.30. The van der Waals surface area contributed by atoms with Gasteiger partial charge in [0.15, 0.2) is 11.6 Å². The van der Waals surface area contributed by atoms with Crippen molar-refractivity contribution in [2.45, 2.75) is 18.8 Å². The summed E-state index contributed by atoms with van der Waals surface area (Å²) in [7, 11) is 0. The third-order valence-electron chi connectivity index (χ3n) is 4.09. The first-order valence-corrected chi connectivity index (χ1v) is 7.87. The van der Waals surface area contributed by atoms with E-state index in [2.05, 4.69) is 9.97 Å². The van der Waals surface area contributed by atoms with Crippen LogP contribution in [0, 0.1) is 5.82 Å². The van der Waals surface area contributed by atoms with Gasteiger partial charge in [0.1, 0.15) is 5.69 Å². The van der Waals surface area contributed by atoms with Crippen molar-refractivity contribution in [1.29, 1.82) is 0 Å². The van der Waals surface area contributed by atoms with E-state index in [1.165, 1.54) is 12.3 Å². The zero-order valence-electron chi connectivity index (χ0n) is 13.2. The van der Waals surface area contributed by atoms with E-state index in [0.29, 0.717) is 5.88 Å². The highest BCUT2D eigenvalue weighted by atomic mass is 19.1. The van der Waals surface area contributed by atoms with E-state index in [9.17, 15) is 9.18 Å². The lowest BCUT2D eigenvalue weighted by Crippen LogP contribution is -2.39. The number of amides is 1. The molecule has 0 unspecified atom stereocenters. The number of primary amides is 1. The van der Waals surface area contributed by atoms with Gasteiger partial charge in [-0.2, -0.15) is 0 Å². The second kappa shape index (κ2) is 7.35. The molecule has 1 amide bonds. The Morgan fingerprint density at radius 1 is 1.25 bits per heavy atom. The predicted octanol–water partition coefficient (Wildman–Crippen LogP) is 2.07. The number of carbonyl (C=O) groups is 1. The Kier molecular flexibility index (Phi) is 5.00. The fourth-order valence-corrected chi connectivity index (χ4v) is 2.91. The van der Waals surface area contributed by atoms with Gasteiger partial charge in [0.25, 0.3) is 0 Å². The first-order valence-electron chi connectivity index (χ1n) is 7.87. The summed E-state index contributed by atoms with van der Waals surface area (Å²) in [5.74, 6) is -0.145. The first kappa shape index (κ1) is 16.3. The van der Waals surface area contributed by atoms with E-state index in [4.69, 9.17) is 10.5 Å². The number of nitrogens with two attached hydrogens (primary N) is 1. The summed E-state index contributed by atoms with van der Waals surface area (Å²) < 4.78 is 19.4. The highest BCUT2D eigenvalue weighted by Gasteiger charge is 2.26. The zero-order chi connectivity index (χ0) is 16.9. The van der Waals surface area contributed by atoms with Gasteiger partial charge in [-0.05, 0) is 38.1 Å². The van der Waals surface area contributed by atoms with E-state index in [0.717, 1.165) is 31.6 Å². The van der Waals surface area contributed by atoms with Crippen LogP contribution in [0.3, 0.4) is 0 Å². The second-order valence-corrected chi connectivity index (χ2v) is 5.80. The quantitative estimate of drug-likeness (QED) is 0.907. The average molecular weight is 330 g/mol. The molecule has 0 aliphatic carbocycles. The standard InChI is InChI=1S/C17H19FN4O2/c18-13-3-1-2-4-14(13)24-17-16(20-7-8-21-17)12-5-9-22(10-6-12)11-15(19)23/h1-4,7-8,12H,5-6,9-11H2,(H2,19,23). The van der Waals surface area contributed by atoms with Crippen LogP contribution in [0.5, 0.6) is 11.6 Å². The molecule has 1 aliphatic rings. The number of aromatic nitrogens is 2. The molecule has 0 atom stereocenters. The van der Waals surface area contributed by atoms with Crippen molar-refractivity contribution in [3.8, 4) is 11.6 Å². The Morgan fingerprint density at radius 2 is 1.96 bits per heavy atom. The Labute approximate surface area is 139 Å². The van der Waals surface area contributed by atoms with E-state index in [1.54, 1.807) is 24.4 Å². The summed E-state index contributed by atoms with van der Waals surface area (Å²) in [5.41, 5.74) is 5.96. The van der Waals surface area contributed by atoms with Gasteiger partial charge in [-0.1, -0.05) is 12.1 Å². The minimum atomic E-state index is -0.439. The van der Waals surface area contributed by atoms with Gasteiger partial charge in [0, 0.05) is 18.3 Å². The summed E-state index contributed by atoms with van der Waals surface area (Å²) in [4.78, 5) is 21.6. The summed E-state index contributed by atoms with van der Waals surface area (Å²) in [6.07, 6.45) is 4.78. The van der Waals surface area contributed by atoms with Crippen molar-refractivity contribution >= 4 is 5.91 Å². The minimum absolute atomic E-state index is 0.130. The number of hydrogen-bond donors (Lipinski definition) is 1. The van der Waals surface area contributed by atoms with E-state index >= 15 is 0 Å². The Hall–Kier alpha value is -2.54. The van der Waals surface area contributed by atoms with Crippen molar-refractivity contribution in [1.82, 2.24) is 14.9 Å². The SMILES string of the molecule is NC(=O)CN1CCC(c2nccnc2Oc2ccccc2F)CC1. The van der Waals surface area contributed by atoms with Gasteiger partial charge >= 0.3 is 0 Å². The van der Waals surface area contributed by atoms with Crippen molar-refractivity contribution < 1.29 is 13.9 Å². The van der Waals surface area contributed by atoms with Gasteiger partial charge in [0.2, 0.25) is 11.8 Å². The number of nitrogens with zero attached hydrogens (tertiary/aromatic N) is 3. The minimum Gasteiger partial charge on any atom is -0.434 e. The normalized spacial score (nSPS) is 16.0. The van der Waals surface area contributed by atoms with Crippen LogP contribution >= 0.6 is 0 Å². The maximum Gasteiger partial charge on any atom is 0.241 e.